The Morgan fingerprint density at radius 3 is 2.89 bits per heavy atom. The van der Waals surface area contributed by atoms with E-state index in [2.05, 4.69) is 30.6 Å². The molecule has 0 saturated carbocycles. The molecule has 2 aromatic rings. The van der Waals surface area contributed by atoms with Gasteiger partial charge in [-0.1, -0.05) is 0 Å². The standard InChI is InChI=1S/C10H11BrN4O2S/c11-9-2-1-3-13-10(9)15-18(16,17)8-4-7(5-12)14-6-8/h1-4,6,14H,5,12H2,(H,13,15). The zero-order chi connectivity index (χ0) is 13.2. The molecule has 0 radical (unpaired) electrons. The number of nitrogens with one attached hydrogen (secondary N) is 2. The summed E-state index contributed by atoms with van der Waals surface area (Å²) in [5.41, 5.74) is 6.07. The van der Waals surface area contributed by atoms with Crippen LogP contribution in [0.3, 0.4) is 0 Å². The van der Waals surface area contributed by atoms with E-state index in [1.165, 1.54) is 18.5 Å². The van der Waals surface area contributed by atoms with E-state index in [4.69, 9.17) is 5.73 Å². The SMILES string of the molecule is NCc1cc(S(=O)(=O)Nc2ncccc2Br)c[nH]1. The Labute approximate surface area is 113 Å². The Morgan fingerprint density at radius 2 is 2.28 bits per heavy atom. The van der Waals surface area contributed by atoms with Gasteiger partial charge in [0, 0.05) is 24.6 Å². The number of halogens is 1. The molecule has 0 amide bonds. The first kappa shape index (κ1) is 13.1. The highest BCUT2D eigenvalue weighted by molar-refractivity contribution is 9.10. The molecule has 0 spiro atoms. The number of aromatic nitrogens is 2. The second-order valence-corrected chi connectivity index (χ2v) is 6.04. The summed E-state index contributed by atoms with van der Waals surface area (Å²) >= 11 is 3.22. The molecular formula is C10H11BrN4O2S. The van der Waals surface area contributed by atoms with Gasteiger partial charge in [-0.3, -0.25) is 4.72 Å². The second-order valence-electron chi connectivity index (χ2n) is 3.50. The molecule has 6 nitrogen and oxygen atoms in total. The molecule has 2 heterocycles. The van der Waals surface area contributed by atoms with Crippen molar-refractivity contribution in [1.82, 2.24) is 9.97 Å². The van der Waals surface area contributed by atoms with Gasteiger partial charge in [-0.2, -0.15) is 0 Å². The first-order chi connectivity index (χ1) is 8.53. The lowest BCUT2D eigenvalue weighted by molar-refractivity contribution is 0.601. The summed E-state index contributed by atoms with van der Waals surface area (Å²) in [5.74, 6) is 0.244. The van der Waals surface area contributed by atoms with Crippen molar-refractivity contribution in [2.24, 2.45) is 5.73 Å². The highest BCUT2D eigenvalue weighted by atomic mass is 79.9. The fraction of sp³-hybridized carbons (Fsp3) is 0.100. The Balaban J connectivity index is 2.30. The Bertz CT molecular complexity index is 653. The maximum Gasteiger partial charge on any atom is 0.264 e. The average Bonchev–Trinajstić information content (AvgIpc) is 2.81. The van der Waals surface area contributed by atoms with Gasteiger partial charge in [0.15, 0.2) is 5.82 Å². The maximum absolute atomic E-state index is 12.1. The fourth-order valence-corrected chi connectivity index (χ4v) is 2.87. The number of nitrogens with two attached hydrogens (primary N) is 1. The van der Waals surface area contributed by atoms with E-state index in [1.807, 2.05) is 0 Å². The molecule has 2 rings (SSSR count). The van der Waals surface area contributed by atoms with Crippen LogP contribution in [-0.2, 0) is 16.6 Å². The van der Waals surface area contributed by atoms with E-state index < -0.39 is 10.0 Å². The molecule has 0 aliphatic carbocycles. The predicted molar refractivity (Wildman–Crippen MR) is 71.4 cm³/mol. The molecule has 0 saturated heterocycles. The number of pyridine rings is 1. The summed E-state index contributed by atoms with van der Waals surface area (Å²) in [6.45, 7) is 0.253. The molecular weight excluding hydrogens is 320 g/mol. The van der Waals surface area contributed by atoms with Crippen LogP contribution >= 0.6 is 15.9 Å². The molecule has 0 fully saturated rings. The largest absolute Gasteiger partial charge is 0.363 e. The summed E-state index contributed by atoms with van der Waals surface area (Å²) in [5, 5.41) is 0. The molecule has 0 aliphatic heterocycles. The third-order valence-corrected chi connectivity index (χ3v) is 4.19. The van der Waals surface area contributed by atoms with Crippen LogP contribution in [0, 0.1) is 0 Å². The van der Waals surface area contributed by atoms with Gasteiger partial charge in [0.25, 0.3) is 10.0 Å². The number of rotatable bonds is 4. The molecule has 0 aliphatic rings. The van der Waals surface area contributed by atoms with Crippen LogP contribution in [0.1, 0.15) is 5.69 Å². The molecule has 96 valence electrons. The first-order valence-corrected chi connectivity index (χ1v) is 7.31. The van der Waals surface area contributed by atoms with Gasteiger partial charge in [0.05, 0.1) is 4.47 Å². The lowest BCUT2D eigenvalue weighted by Gasteiger charge is -2.06. The van der Waals surface area contributed by atoms with E-state index >= 15 is 0 Å². The van der Waals surface area contributed by atoms with Crippen molar-refractivity contribution in [3.8, 4) is 0 Å². The summed E-state index contributed by atoms with van der Waals surface area (Å²) in [4.78, 5) is 6.85. The van der Waals surface area contributed by atoms with Gasteiger partial charge in [-0.05, 0) is 34.1 Å². The van der Waals surface area contributed by atoms with Crippen molar-refractivity contribution in [2.75, 3.05) is 4.72 Å². The number of H-pyrrole nitrogens is 1. The molecule has 0 unspecified atom stereocenters. The third kappa shape index (κ3) is 2.71. The van der Waals surface area contributed by atoms with Crippen LogP contribution in [0.4, 0.5) is 5.82 Å². The minimum atomic E-state index is -3.65. The summed E-state index contributed by atoms with van der Waals surface area (Å²) < 4.78 is 27.1. The molecule has 0 atom stereocenters. The number of hydrogen-bond acceptors (Lipinski definition) is 4. The molecule has 0 bridgehead atoms. The van der Waals surface area contributed by atoms with Crippen LogP contribution in [0.25, 0.3) is 0 Å². The van der Waals surface area contributed by atoms with Gasteiger partial charge in [-0.25, -0.2) is 13.4 Å². The minimum absolute atomic E-state index is 0.125. The van der Waals surface area contributed by atoms with Crippen LogP contribution in [0.2, 0.25) is 0 Å². The van der Waals surface area contributed by atoms with Crippen molar-refractivity contribution in [3.05, 3.63) is 40.8 Å². The monoisotopic (exact) mass is 330 g/mol. The number of aromatic amines is 1. The number of nitrogens with zero attached hydrogens (tertiary/aromatic N) is 1. The van der Waals surface area contributed by atoms with Gasteiger partial charge < -0.3 is 10.7 Å². The van der Waals surface area contributed by atoms with Gasteiger partial charge in [-0.15, -0.1) is 0 Å². The Hall–Kier alpha value is -1.38. The summed E-state index contributed by atoms with van der Waals surface area (Å²) in [6.07, 6.45) is 2.90. The topological polar surface area (TPSA) is 101 Å². The third-order valence-electron chi connectivity index (χ3n) is 2.24. The maximum atomic E-state index is 12.1. The quantitative estimate of drug-likeness (QED) is 0.789. The van der Waals surface area contributed by atoms with E-state index in [-0.39, 0.29) is 17.3 Å². The van der Waals surface area contributed by atoms with Crippen LogP contribution in [0.5, 0.6) is 0 Å². The van der Waals surface area contributed by atoms with Crippen LogP contribution < -0.4 is 10.5 Å². The van der Waals surface area contributed by atoms with Crippen LogP contribution in [-0.4, -0.2) is 18.4 Å². The Kier molecular flexibility index (Phi) is 3.69. The van der Waals surface area contributed by atoms with Crippen molar-refractivity contribution >= 4 is 31.8 Å². The van der Waals surface area contributed by atoms with E-state index in [9.17, 15) is 8.42 Å². The number of sulfonamides is 1. The average molecular weight is 331 g/mol. The highest BCUT2D eigenvalue weighted by Crippen LogP contribution is 2.22. The van der Waals surface area contributed by atoms with Crippen LogP contribution in [0.15, 0.2) is 40.0 Å². The van der Waals surface area contributed by atoms with Crippen molar-refractivity contribution < 1.29 is 8.42 Å². The van der Waals surface area contributed by atoms with E-state index in [0.29, 0.717) is 10.2 Å². The molecule has 2 aromatic heterocycles. The molecule has 18 heavy (non-hydrogen) atoms. The number of anilines is 1. The van der Waals surface area contributed by atoms with E-state index in [0.717, 1.165) is 0 Å². The summed E-state index contributed by atoms with van der Waals surface area (Å²) in [7, 11) is -3.65. The van der Waals surface area contributed by atoms with E-state index in [1.54, 1.807) is 12.1 Å². The highest BCUT2D eigenvalue weighted by Gasteiger charge is 2.17. The molecule has 8 heteroatoms. The zero-order valence-electron chi connectivity index (χ0n) is 9.22. The minimum Gasteiger partial charge on any atom is -0.363 e. The Morgan fingerprint density at radius 1 is 1.50 bits per heavy atom. The lowest BCUT2D eigenvalue weighted by Crippen LogP contribution is -2.13. The fourth-order valence-electron chi connectivity index (χ4n) is 1.34. The van der Waals surface area contributed by atoms with Crippen molar-refractivity contribution in [1.29, 1.82) is 0 Å². The van der Waals surface area contributed by atoms with Gasteiger partial charge in [0.2, 0.25) is 0 Å². The lowest BCUT2D eigenvalue weighted by atomic mass is 10.4. The first-order valence-electron chi connectivity index (χ1n) is 5.03. The van der Waals surface area contributed by atoms with Crippen molar-refractivity contribution in [2.45, 2.75) is 11.4 Å². The summed E-state index contributed by atoms with van der Waals surface area (Å²) in [6, 6.07) is 4.89. The molecule has 4 N–H and O–H groups in total. The predicted octanol–water partition coefficient (Wildman–Crippen LogP) is 1.43. The van der Waals surface area contributed by atoms with Gasteiger partial charge in [0.1, 0.15) is 4.90 Å². The number of hydrogen-bond donors (Lipinski definition) is 3. The van der Waals surface area contributed by atoms with Crippen molar-refractivity contribution in [3.63, 3.8) is 0 Å². The zero-order valence-corrected chi connectivity index (χ0v) is 11.6. The molecule has 0 aromatic carbocycles. The van der Waals surface area contributed by atoms with Gasteiger partial charge >= 0.3 is 0 Å². The smallest absolute Gasteiger partial charge is 0.264 e. The normalized spacial score (nSPS) is 11.4. The second kappa shape index (κ2) is 5.09.